The lowest BCUT2D eigenvalue weighted by Crippen LogP contribution is -2.30. The van der Waals surface area contributed by atoms with Crippen LogP contribution in [0.5, 0.6) is 11.5 Å². The normalized spacial score (nSPS) is 17.2. The molecule has 1 unspecified atom stereocenters. The van der Waals surface area contributed by atoms with E-state index in [1.807, 2.05) is 26.0 Å². The highest BCUT2D eigenvalue weighted by molar-refractivity contribution is 6.52. The van der Waals surface area contributed by atoms with Crippen LogP contribution >= 0.6 is 11.6 Å². The van der Waals surface area contributed by atoms with Gasteiger partial charge in [-0.05, 0) is 55.3 Å². The fourth-order valence-corrected chi connectivity index (χ4v) is 4.49. The SMILES string of the molecule is COc1ccc(/C(O)=C2\C(=O)C(=O)N(c3cccc(C)c3C)C2c2ccccc2OC)cc1Cl. The minimum absolute atomic E-state index is 0.0448. The number of aryl methyl sites for hydroxylation is 1. The standard InChI is InChI=1S/C27H24ClNO5/c1-15-8-7-10-20(16(15)2)29-24(18-9-5-6-11-21(18)33-3)23(26(31)27(29)32)25(30)17-12-13-22(34-4)19(28)14-17/h5-14,24,30H,1-4H3/b25-23+. The number of methoxy groups -OCH3 is 2. The van der Waals surface area contributed by atoms with Crippen LogP contribution in [-0.2, 0) is 9.59 Å². The van der Waals surface area contributed by atoms with Crippen molar-refractivity contribution < 1.29 is 24.2 Å². The van der Waals surface area contributed by atoms with Gasteiger partial charge in [-0.3, -0.25) is 14.5 Å². The Hall–Kier alpha value is -3.77. The molecule has 1 amide bonds. The molecule has 0 saturated carbocycles. The summed E-state index contributed by atoms with van der Waals surface area (Å²) in [5.74, 6) is -0.933. The Kier molecular flexibility index (Phi) is 6.35. The highest BCUT2D eigenvalue weighted by Crippen LogP contribution is 2.46. The Balaban J connectivity index is 2.01. The fraction of sp³-hybridized carbons (Fsp3) is 0.185. The van der Waals surface area contributed by atoms with E-state index in [0.717, 1.165) is 11.1 Å². The zero-order valence-corrected chi connectivity index (χ0v) is 20.0. The fourth-order valence-electron chi connectivity index (χ4n) is 4.23. The Morgan fingerprint density at radius 2 is 1.65 bits per heavy atom. The topological polar surface area (TPSA) is 76.1 Å². The molecule has 1 saturated heterocycles. The summed E-state index contributed by atoms with van der Waals surface area (Å²) in [6.45, 7) is 3.83. The third-order valence-corrected chi connectivity index (χ3v) is 6.43. The van der Waals surface area contributed by atoms with E-state index in [1.165, 1.54) is 25.2 Å². The van der Waals surface area contributed by atoms with Crippen molar-refractivity contribution in [3.63, 3.8) is 0 Å². The van der Waals surface area contributed by atoms with Crippen molar-refractivity contribution in [3.05, 3.63) is 93.5 Å². The predicted octanol–water partition coefficient (Wildman–Crippen LogP) is 5.60. The van der Waals surface area contributed by atoms with Gasteiger partial charge < -0.3 is 14.6 Å². The number of ketones is 1. The van der Waals surface area contributed by atoms with Crippen molar-refractivity contribution in [2.75, 3.05) is 19.1 Å². The molecular weight excluding hydrogens is 454 g/mol. The van der Waals surface area contributed by atoms with Gasteiger partial charge in [0, 0.05) is 16.8 Å². The van der Waals surface area contributed by atoms with Crippen molar-refractivity contribution in [3.8, 4) is 11.5 Å². The Labute approximate surface area is 203 Å². The number of hydrogen-bond acceptors (Lipinski definition) is 5. The number of benzene rings is 3. The van der Waals surface area contributed by atoms with Crippen molar-refractivity contribution in [1.82, 2.24) is 0 Å². The summed E-state index contributed by atoms with van der Waals surface area (Å²) >= 11 is 6.27. The minimum Gasteiger partial charge on any atom is -0.507 e. The summed E-state index contributed by atoms with van der Waals surface area (Å²) in [5.41, 5.74) is 3.24. The number of aliphatic hydroxyl groups is 1. The van der Waals surface area contributed by atoms with Gasteiger partial charge >= 0.3 is 0 Å². The quantitative estimate of drug-likeness (QED) is 0.294. The number of carbonyl (C=O) groups excluding carboxylic acids is 2. The third kappa shape index (κ3) is 3.80. The largest absolute Gasteiger partial charge is 0.507 e. The van der Waals surface area contributed by atoms with E-state index in [1.54, 1.807) is 42.5 Å². The summed E-state index contributed by atoms with van der Waals surface area (Å²) in [6.07, 6.45) is 0. The van der Waals surface area contributed by atoms with Gasteiger partial charge in [-0.2, -0.15) is 0 Å². The first kappa shape index (κ1) is 23.4. The number of carbonyl (C=O) groups is 2. The van der Waals surface area contributed by atoms with Crippen LogP contribution in [-0.4, -0.2) is 31.0 Å². The van der Waals surface area contributed by atoms with Crippen LogP contribution < -0.4 is 14.4 Å². The third-order valence-electron chi connectivity index (χ3n) is 6.14. The first-order chi connectivity index (χ1) is 16.3. The van der Waals surface area contributed by atoms with E-state index >= 15 is 0 Å². The molecule has 1 aliphatic heterocycles. The number of Topliss-reactive ketones (excluding diaryl/α,β-unsaturated/α-hetero) is 1. The maximum absolute atomic E-state index is 13.4. The maximum Gasteiger partial charge on any atom is 0.300 e. The molecule has 174 valence electrons. The summed E-state index contributed by atoms with van der Waals surface area (Å²) < 4.78 is 10.7. The molecule has 4 rings (SSSR count). The molecule has 3 aromatic carbocycles. The first-order valence-electron chi connectivity index (χ1n) is 10.6. The molecule has 6 nitrogen and oxygen atoms in total. The number of amides is 1. The molecule has 34 heavy (non-hydrogen) atoms. The number of anilines is 1. The van der Waals surface area contributed by atoms with E-state index in [-0.39, 0.29) is 16.4 Å². The monoisotopic (exact) mass is 477 g/mol. The Morgan fingerprint density at radius 3 is 2.32 bits per heavy atom. The molecule has 1 N–H and O–H groups in total. The lowest BCUT2D eigenvalue weighted by molar-refractivity contribution is -0.132. The average molecular weight is 478 g/mol. The van der Waals surface area contributed by atoms with Crippen LogP contribution in [0.2, 0.25) is 5.02 Å². The predicted molar refractivity (Wildman–Crippen MR) is 132 cm³/mol. The molecule has 1 atom stereocenters. The van der Waals surface area contributed by atoms with Crippen molar-refractivity contribution >= 4 is 34.7 Å². The molecule has 1 aliphatic rings. The Morgan fingerprint density at radius 1 is 0.941 bits per heavy atom. The van der Waals surface area contributed by atoms with Crippen LogP contribution in [0.15, 0.2) is 66.2 Å². The van der Waals surface area contributed by atoms with Crippen LogP contribution in [0, 0.1) is 13.8 Å². The van der Waals surface area contributed by atoms with Crippen LogP contribution in [0.1, 0.15) is 28.3 Å². The molecule has 0 aliphatic carbocycles. The van der Waals surface area contributed by atoms with Gasteiger partial charge in [-0.1, -0.05) is 41.9 Å². The van der Waals surface area contributed by atoms with Crippen molar-refractivity contribution in [1.29, 1.82) is 0 Å². The van der Waals surface area contributed by atoms with Crippen LogP contribution in [0.4, 0.5) is 5.69 Å². The van der Waals surface area contributed by atoms with Gasteiger partial charge in [0.1, 0.15) is 17.3 Å². The van der Waals surface area contributed by atoms with Gasteiger partial charge in [0.25, 0.3) is 11.7 Å². The number of aliphatic hydroxyl groups excluding tert-OH is 1. The molecule has 1 fully saturated rings. The second-order valence-electron chi connectivity index (χ2n) is 7.98. The Bertz CT molecular complexity index is 1330. The van der Waals surface area contributed by atoms with Gasteiger partial charge in [0.05, 0.1) is 30.9 Å². The smallest absolute Gasteiger partial charge is 0.300 e. The average Bonchev–Trinajstić information content (AvgIpc) is 3.10. The summed E-state index contributed by atoms with van der Waals surface area (Å²) in [6, 6.07) is 16.5. The van der Waals surface area contributed by atoms with Gasteiger partial charge in [0.15, 0.2) is 0 Å². The number of halogens is 1. The summed E-state index contributed by atoms with van der Waals surface area (Å²) in [5, 5.41) is 11.6. The highest BCUT2D eigenvalue weighted by Gasteiger charge is 2.48. The minimum atomic E-state index is -0.905. The molecule has 3 aromatic rings. The zero-order valence-electron chi connectivity index (χ0n) is 19.3. The van der Waals surface area contributed by atoms with Crippen LogP contribution in [0.3, 0.4) is 0 Å². The maximum atomic E-state index is 13.4. The molecule has 1 heterocycles. The summed E-state index contributed by atoms with van der Waals surface area (Å²) in [7, 11) is 3.00. The molecule has 0 radical (unpaired) electrons. The van der Waals surface area contributed by atoms with E-state index in [0.29, 0.717) is 28.3 Å². The lowest BCUT2D eigenvalue weighted by atomic mass is 9.94. The van der Waals surface area contributed by atoms with Gasteiger partial charge in [-0.15, -0.1) is 0 Å². The number of rotatable bonds is 5. The van der Waals surface area contributed by atoms with Crippen molar-refractivity contribution in [2.45, 2.75) is 19.9 Å². The first-order valence-corrected chi connectivity index (χ1v) is 11.0. The lowest BCUT2D eigenvalue weighted by Gasteiger charge is -2.28. The van der Waals surface area contributed by atoms with Crippen LogP contribution in [0.25, 0.3) is 5.76 Å². The second-order valence-corrected chi connectivity index (χ2v) is 8.39. The molecule has 0 spiro atoms. The van der Waals surface area contributed by atoms with Gasteiger partial charge in [-0.25, -0.2) is 0 Å². The van der Waals surface area contributed by atoms with E-state index in [2.05, 4.69) is 0 Å². The second kappa shape index (κ2) is 9.23. The number of nitrogens with zero attached hydrogens (tertiary/aromatic N) is 1. The van der Waals surface area contributed by atoms with E-state index in [9.17, 15) is 14.7 Å². The van der Waals surface area contributed by atoms with E-state index in [4.69, 9.17) is 21.1 Å². The van der Waals surface area contributed by atoms with Crippen molar-refractivity contribution in [2.24, 2.45) is 0 Å². The zero-order chi connectivity index (χ0) is 24.6. The molecular formula is C27H24ClNO5. The highest BCUT2D eigenvalue weighted by atomic mass is 35.5. The summed E-state index contributed by atoms with van der Waals surface area (Å²) in [4.78, 5) is 28.2. The molecule has 7 heteroatoms. The molecule has 0 aromatic heterocycles. The number of para-hydroxylation sites is 1. The number of ether oxygens (including phenoxy) is 2. The van der Waals surface area contributed by atoms with Gasteiger partial charge in [0.2, 0.25) is 0 Å². The molecule has 0 bridgehead atoms. The van der Waals surface area contributed by atoms with E-state index < -0.39 is 17.7 Å². The number of hydrogen-bond donors (Lipinski definition) is 1.